The minimum atomic E-state index is -1.04. The van der Waals surface area contributed by atoms with Crippen molar-refractivity contribution in [2.24, 2.45) is 0 Å². The Labute approximate surface area is 105 Å². The molecule has 0 atom stereocenters. The lowest BCUT2D eigenvalue weighted by molar-refractivity contribution is -0.142. The first-order valence-corrected chi connectivity index (χ1v) is 5.33. The molecule has 5 heteroatoms. The van der Waals surface area contributed by atoms with Crippen LogP contribution in [0.1, 0.15) is 5.56 Å². The summed E-state index contributed by atoms with van der Waals surface area (Å²) in [5.74, 6) is 3.68. The Morgan fingerprint density at radius 1 is 1.28 bits per heavy atom. The summed E-state index contributed by atoms with van der Waals surface area (Å²) in [5, 5.41) is 10.8. The van der Waals surface area contributed by atoms with E-state index in [4.69, 9.17) is 9.84 Å². The Morgan fingerprint density at radius 2 is 2.00 bits per heavy atom. The number of aliphatic carboxylic acids is 1. The first-order chi connectivity index (χ1) is 8.68. The Hall–Kier alpha value is -2.32. The quantitative estimate of drug-likeness (QED) is 0.578. The van der Waals surface area contributed by atoms with Crippen LogP contribution in [-0.4, -0.2) is 36.7 Å². The minimum absolute atomic E-state index is 0.144. The van der Waals surface area contributed by atoms with Crippen LogP contribution in [0.2, 0.25) is 0 Å². The van der Waals surface area contributed by atoms with E-state index in [0.29, 0.717) is 0 Å². The Balaban J connectivity index is 2.22. The standard InChI is InChI=1S/C13H13NO4/c15-12(14-8-9-18-10-13(16)17)7-6-11-4-2-1-3-5-11/h1-5H,8-10H2,(H,14,15)(H,16,17). The molecule has 5 nitrogen and oxygen atoms in total. The molecule has 0 bridgehead atoms. The summed E-state index contributed by atoms with van der Waals surface area (Å²) in [6.07, 6.45) is 0. The SMILES string of the molecule is O=C(O)COCCNC(=O)C#Cc1ccccc1. The molecular weight excluding hydrogens is 234 g/mol. The van der Waals surface area contributed by atoms with E-state index in [2.05, 4.69) is 17.2 Å². The van der Waals surface area contributed by atoms with Crippen molar-refractivity contribution in [1.82, 2.24) is 5.32 Å². The number of nitrogens with one attached hydrogen (secondary N) is 1. The largest absolute Gasteiger partial charge is 0.480 e. The summed E-state index contributed by atoms with van der Waals surface area (Å²) in [5.41, 5.74) is 0.759. The lowest BCUT2D eigenvalue weighted by atomic mass is 10.2. The molecule has 0 aliphatic rings. The highest BCUT2D eigenvalue weighted by molar-refractivity contribution is 5.94. The van der Waals surface area contributed by atoms with Gasteiger partial charge in [0.05, 0.1) is 6.61 Å². The van der Waals surface area contributed by atoms with E-state index in [1.807, 2.05) is 18.2 Å². The number of carboxylic acids is 1. The summed E-state index contributed by atoms with van der Waals surface area (Å²) in [7, 11) is 0. The third kappa shape index (κ3) is 6.30. The van der Waals surface area contributed by atoms with Gasteiger partial charge in [0.25, 0.3) is 5.91 Å². The van der Waals surface area contributed by atoms with Gasteiger partial charge in [-0.1, -0.05) is 24.1 Å². The average molecular weight is 247 g/mol. The van der Waals surface area contributed by atoms with Crippen molar-refractivity contribution in [3.63, 3.8) is 0 Å². The molecular formula is C13H13NO4. The molecule has 0 spiro atoms. The number of hydrogen-bond acceptors (Lipinski definition) is 3. The molecule has 0 radical (unpaired) electrons. The van der Waals surface area contributed by atoms with Gasteiger partial charge in [0.15, 0.2) is 0 Å². The molecule has 0 aliphatic carbocycles. The molecule has 0 fully saturated rings. The number of ether oxygens (including phenoxy) is 1. The highest BCUT2D eigenvalue weighted by Crippen LogP contribution is 1.94. The van der Waals surface area contributed by atoms with E-state index in [0.717, 1.165) is 5.56 Å². The third-order valence-corrected chi connectivity index (χ3v) is 1.85. The van der Waals surface area contributed by atoms with Crippen LogP contribution in [0, 0.1) is 11.8 Å². The maximum atomic E-state index is 11.3. The third-order valence-electron chi connectivity index (χ3n) is 1.85. The van der Waals surface area contributed by atoms with Gasteiger partial charge in [-0.05, 0) is 12.1 Å². The number of carboxylic acid groups (broad SMARTS) is 1. The van der Waals surface area contributed by atoms with Gasteiger partial charge >= 0.3 is 5.97 Å². The van der Waals surface area contributed by atoms with Gasteiger partial charge in [0.1, 0.15) is 6.61 Å². The first kappa shape index (κ1) is 13.7. The lowest BCUT2D eigenvalue weighted by Crippen LogP contribution is -2.26. The maximum absolute atomic E-state index is 11.3. The minimum Gasteiger partial charge on any atom is -0.480 e. The molecule has 1 rings (SSSR count). The summed E-state index contributed by atoms with van der Waals surface area (Å²) in [4.78, 5) is 21.4. The Bertz CT molecular complexity index is 459. The fraction of sp³-hybridized carbons (Fsp3) is 0.231. The molecule has 1 aromatic carbocycles. The first-order valence-electron chi connectivity index (χ1n) is 5.33. The number of carbonyl (C=O) groups is 2. The van der Waals surface area contributed by atoms with Crippen molar-refractivity contribution < 1.29 is 19.4 Å². The average Bonchev–Trinajstić information content (AvgIpc) is 2.37. The van der Waals surface area contributed by atoms with E-state index in [1.54, 1.807) is 12.1 Å². The lowest BCUT2D eigenvalue weighted by Gasteiger charge is -2.00. The number of hydrogen-bond donors (Lipinski definition) is 2. The highest BCUT2D eigenvalue weighted by Gasteiger charge is 1.97. The summed E-state index contributed by atoms with van der Waals surface area (Å²) in [6, 6.07) is 9.14. The van der Waals surface area contributed by atoms with Gasteiger partial charge in [0, 0.05) is 18.0 Å². The van der Waals surface area contributed by atoms with Crippen LogP contribution in [0.15, 0.2) is 30.3 Å². The molecule has 94 valence electrons. The van der Waals surface area contributed by atoms with Crippen LogP contribution >= 0.6 is 0 Å². The van der Waals surface area contributed by atoms with Crippen LogP contribution in [0.25, 0.3) is 0 Å². The second-order valence-corrected chi connectivity index (χ2v) is 3.32. The van der Waals surface area contributed by atoms with Gasteiger partial charge in [0.2, 0.25) is 0 Å². The van der Waals surface area contributed by atoms with E-state index in [-0.39, 0.29) is 19.8 Å². The molecule has 18 heavy (non-hydrogen) atoms. The molecule has 0 aliphatic heterocycles. The smallest absolute Gasteiger partial charge is 0.329 e. The fourth-order valence-electron chi connectivity index (χ4n) is 1.09. The molecule has 0 saturated heterocycles. The van der Waals surface area contributed by atoms with Crippen LogP contribution in [-0.2, 0) is 14.3 Å². The Morgan fingerprint density at radius 3 is 2.67 bits per heavy atom. The van der Waals surface area contributed by atoms with E-state index >= 15 is 0 Å². The van der Waals surface area contributed by atoms with E-state index in [1.165, 1.54) is 0 Å². The number of rotatable bonds is 5. The zero-order valence-corrected chi connectivity index (χ0v) is 9.68. The van der Waals surface area contributed by atoms with Crippen molar-refractivity contribution in [2.75, 3.05) is 19.8 Å². The van der Waals surface area contributed by atoms with Crippen molar-refractivity contribution in [1.29, 1.82) is 0 Å². The van der Waals surface area contributed by atoms with Gasteiger partial charge < -0.3 is 15.2 Å². The fourth-order valence-corrected chi connectivity index (χ4v) is 1.09. The summed E-state index contributed by atoms with van der Waals surface area (Å²) < 4.78 is 4.75. The second-order valence-electron chi connectivity index (χ2n) is 3.32. The van der Waals surface area contributed by atoms with Crippen LogP contribution in [0.3, 0.4) is 0 Å². The predicted molar refractivity (Wildman–Crippen MR) is 64.8 cm³/mol. The molecule has 0 saturated carbocycles. The highest BCUT2D eigenvalue weighted by atomic mass is 16.5. The monoisotopic (exact) mass is 247 g/mol. The number of amides is 1. The van der Waals surface area contributed by atoms with Crippen LogP contribution in [0.4, 0.5) is 0 Å². The molecule has 0 aromatic heterocycles. The van der Waals surface area contributed by atoms with E-state index < -0.39 is 11.9 Å². The number of carbonyl (C=O) groups excluding carboxylic acids is 1. The van der Waals surface area contributed by atoms with Gasteiger partial charge in [-0.3, -0.25) is 4.79 Å². The van der Waals surface area contributed by atoms with Gasteiger partial charge in [-0.2, -0.15) is 0 Å². The van der Waals surface area contributed by atoms with Crippen molar-refractivity contribution in [2.45, 2.75) is 0 Å². The Kier molecular flexibility index (Phi) is 6.01. The van der Waals surface area contributed by atoms with Crippen molar-refractivity contribution >= 4 is 11.9 Å². The molecule has 1 amide bonds. The second kappa shape index (κ2) is 7.87. The predicted octanol–water partition coefficient (Wildman–Crippen LogP) is 0.256. The van der Waals surface area contributed by atoms with Crippen LogP contribution < -0.4 is 5.32 Å². The number of benzene rings is 1. The zero-order chi connectivity index (χ0) is 13.2. The van der Waals surface area contributed by atoms with E-state index in [9.17, 15) is 9.59 Å². The maximum Gasteiger partial charge on any atom is 0.329 e. The molecule has 0 unspecified atom stereocenters. The van der Waals surface area contributed by atoms with Crippen molar-refractivity contribution in [3.8, 4) is 11.8 Å². The summed E-state index contributed by atoms with van der Waals surface area (Å²) >= 11 is 0. The summed E-state index contributed by atoms with van der Waals surface area (Å²) in [6.45, 7) is 0.00616. The molecule has 0 heterocycles. The molecule has 2 N–H and O–H groups in total. The van der Waals surface area contributed by atoms with Crippen LogP contribution in [0.5, 0.6) is 0 Å². The topological polar surface area (TPSA) is 75.6 Å². The van der Waals surface area contributed by atoms with Gasteiger partial charge in [-0.15, -0.1) is 0 Å². The normalized spacial score (nSPS) is 9.11. The van der Waals surface area contributed by atoms with Crippen molar-refractivity contribution in [3.05, 3.63) is 35.9 Å². The molecule has 1 aromatic rings. The van der Waals surface area contributed by atoms with Gasteiger partial charge in [-0.25, -0.2) is 4.79 Å². The zero-order valence-electron chi connectivity index (χ0n) is 9.68.